The minimum atomic E-state index is -0.226. The van der Waals surface area contributed by atoms with E-state index in [1.165, 1.54) is 0 Å². The second-order valence-corrected chi connectivity index (χ2v) is 7.28. The fraction of sp³-hybridized carbons (Fsp3) is 0.0909. The van der Waals surface area contributed by atoms with Crippen LogP contribution >= 0.6 is 15.9 Å². The topological polar surface area (TPSA) is 64.4 Å². The predicted octanol–water partition coefficient (Wildman–Crippen LogP) is 5.83. The van der Waals surface area contributed by atoms with Crippen LogP contribution in [0.25, 0.3) is 22.6 Å². The Hall–Kier alpha value is -3.12. The van der Waals surface area contributed by atoms with Crippen LogP contribution in [0, 0.1) is 6.92 Å². The van der Waals surface area contributed by atoms with Crippen molar-refractivity contribution >= 4 is 38.6 Å². The van der Waals surface area contributed by atoms with Gasteiger partial charge in [-0.05, 0) is 67.1 Å². The summed E-state index contributed by atoms with van der Waals surface area (Å²) >= 11 is 3.37. The summed E-state index contributed by atoms with van der Waals surface area (Å²) in [6, 6.07) is 18.4. The van der Waals surface area contributed by atoms with Gasteiger partial charge >= 0.3 is 0 Å². The van der Waals surface area contributed by atoms with E-state index in [2.05, 4.69) is 26.2 Å². The Kier molecular flexibility index (Phi) is 4.88. The van der Waals surface area contributed by atoms with Crippen molar-refractivity contribution in [1.29, 1.82) is 0 Å². The van der Waals surface area contributed by atoms with E-state index in [0.717, 1.165) is 26.7 Å². The van der Waals surface area contributed by atoms with Gasteiger partial charge in [-0.3, -0.25) is 4.79 Å². The molecule has 0 aliphatic rings. The van der Waals surface area contributed by atoms with Crippen LogP contribution in [-0.2, 0) is 0 Å². The van der Waals surface area contributed by atoms with E-state index in [1.807, 2.05) is 43.3 Å². The molecule has 140 valence electrons. The molecule has 0 atom stereocenters. The van der Waals surface area contributed by atoms with Crippen LogP contribution in [-0.4, -0.2) is 18.0 Å². The molecule has 0 bridgehead atoms. The number of methoxy groups -OCH3 is 1. The van der Waals surface area contributed by atoms with Gasteiger partial charge < -0.3 is 14.5 Å². The molecule has 0 saturated carbocycles. The van der Waals surface area contributed by atoms with Crippen LogP contribution in [0.2, 0.25) is 0 Å². The molecule has 1 heterocycles. The molecule has 3 aromatic carbocycles. The van der Waals surface area contributed by atoms with Gasteiger partial charge in [0.05, 0.1) is 12.8 Å². The lowest BCUT2D eigenvalue weighted by molar-refractivity contribution is 0.102. The van der Waals surface area contributed by atoms with E-state index in [9.17, 15) is 4.79 Å². The third kappa shape index (κ3) is 3.64. The Balaban J connectivity index is 1.68. The van der Waals surface area contributed by atoms with E-state index >= 15 is 0 Å². The highest BCUT2D eigenvalue weighted by Gasteiger charge is 2.14. The molecule has 1 N–H and O–H groups in total. The molecule has 1 aromatic heterocycles. The fourth-order valence-electron chi connectivity index (χ4n) is 2.90. The molecule has 0 aliphatic heterocycles. The largest absolute Gasteiger partial charge is 0.495 e. The number of amides is 1. The second-order valence-electron chi connectivity index (χ2n) is 6.37. The van der Waals surface area contributed by atoms with Gasteiger partial charge in [0.25, 0.3) is 5.91 Å². The molecule has 5 nitrogen and oxygen atoms in total. The Morgan fingerprint density at radius 3 is 2.61 bits per heavy atom. The second kappa shape index (κ2) is 7.48. The Bertz CT molecular complexity index is 1170. The lowest BCUT2D eigenvalue weighted by Gasteiger charge is -2.11. The molecule has 1 amide bonds. The first-order chi connectivity index (χ1) is 13.5. The molecule has 0 aliphatic carbocycles. The normalized spacial score (nSPS) is 10.8. The molecule has 4 aromatic rings. The lowest BCUT2D eigenvalue weighted by Crippen LogP contribution is -2.12. The monoisotopic (exact) mass is 436 g/mol. The highest BCUT2D eigenvalue weighted by atomic mass is 79.9. The maximum Gasteiger partial charge on any atom is 0.255 e. The smallest absolute Gasteiger partial charge is 0.255 e. The quantitative estimate of drug-likeness (QED) is 0.437. The molecule has 0 fully saturated rings. The van der Waals surface area contributed by atoms with Crippen molar-refractivity contribution in [2.24, 2.45) is 0 Å². The summed E-state index contributed by atoms with van der Waals surface area (Å²) in [6.07, 6.45) is 0. The fourth-order valence-corrected chi connectivity index (χ4v) is 3.16. The van der Waals surface area contributed by atoms with Crippen molar-refractivity contribution < 1.29 is 13.9 Å². The van der Waals surface area contributed by atoms with E-state index in [4.69, 9.17) is 9.15 Å². The number of fused-ring (bicyclic) bond motifs is 1. The summed E-state index contributed by atoms with van der Waals surface area (Å²) in [4.78, 5) is 17.2. The van der Waals surface area contributed by atoms with Gasteiger partial charge in [-0.25, -0.2) is 4.98 Å². The minimum absolute atomic E-state index is 0.226. The Labute approximate surface area is 170 Å². The molecular formula is C22H17BrN2O3. The average molecular weight is 437 g/mol. The highest BCUT2D eigenvalue weighted by molar-refractivity contribution is 9.10. The zero-order valence-electron chi connectivity index (χ0n) is 15.3. The van der Waals surface area contributed by atoms with Gasteiger partial charge in [-0.1, -0.05) is 22.0 Å². The number of aryl methyl sites for hydroxylation is 1. The zero-order valence-corrected chi connectivity index (χ0v) is 16.9. The third-order valence-corrected chi connectivity index (χ3v) is 4.87. The molecular weight excluding hydrogens is 420 g/mol. The first kappa shape index (κ1) is 18.3. The number of nitrogens with one attached hydrogen (secondary N) is 1. The average Bonchev–Trinajstić information content (AvgIpc) is 3.11. The van der Waals surface area contributed by atoms with Crippen molar-refractivity contribution in [3.63, 3.8) is 0 Å². The number of ether oxygens (including phenoxy) is 1. The first-order valence-corrected chi connectivity index (χ1v) is 9.45. The Morgan fingerprint density at radius 2 is 1.86 bits per heavy atom. The number of halogens is 1. The number of oxazole rings is 1. The van der Waals surface area contributed by atoms with Crippen molar-refractivity contribution in [1.82, 2.24) is 4.98 Å². The maximum atomic E-state index is 12.6. The number of carbonyl (C=O) groups excluding carboxylic acids is 1. The van der Waals surface area contributed by atoms with Crippen molar-refractivity contribution in [3.05, 3.63) is 76.3 Å². The van der Waals surface area contributed by atoms with Crippen LogP contribution in [0.1, 0.15) is 15.9 Å². The van der Waals surface area contributed by atoms with E-state index in [1.54, 1.807) is 31.4 Å². The number of hydrogen-bond acceptors (Lipinski definition) is 4. The standard InChI is InChI=1S/C22H17BrN2O3/c1-13-3-9-20-17(11-13)25-22(28-20)15-6-10-19(27-2)18(12-15)24-21(26)14-4-7-16(23)8-5-14/h3-12H,1-2H3,(H,24,26). The van der Waals surface area contributed by atoms with Crippen LogP contribution in [0.15, 0.2) is 69.6 Å². The lowest BCUT2D eigenvalue weighted by atomic mass is 10.1. The molecule has 0 saturated heterocycles. The van der Waals surface area contributed by atoms with Gasteiger partial charge in [0.15, 0.2) is 5.58 Å². The predicted molar refractivity (Wildman–Crippen MR) is 113 cm³/mol. The number of anilines is 1. The van der Waals surface area contributed by atoms with Gasteiger partial charge in [0.2, 0.25) is 5.89 Å². The number of rotatable bonds is 4. The third-order valence-electron chi connectivity index (χ3n) is 4.34. The number of aromatic nitrogens is 1. The summed E-state index contributed by atoms with van der Waals surface area (Å²) in [5.41, 5.74) is 4.48. The summed E-state index contributed by atoms with van der Waals surface area (Å²) in [5.74, 6) is 0.819. The maximum absolute atomic E-state index is 12.6. The molecule has 4 rings (SSSR count). The molecule has 6 heteroatoms. The number of benzene rings is 3. The van der Waals surface area contributed by atoms with Crippen molar-refractivity contribution in [2.45, 2.75) is 6.92 Å². The Morgan fingerprint density at radius 1 is 1.07 bits per heavy atom. The number of hydrogen-bond donors (Lipinski definition) is 1. The van der Waals surface area contributed by atoms with Crippen molar-refractivity contribution in [3.8, 4) is 17.2 Å². The highest BCUT2D eigenvalue weighted by Crippen LogP contribution is 2.32. The molecule has 0 unspecified atom stereocenters. The first-order valence-electron chi connectivity index (χ1n) is 8.66. The minimum Gasteiger partial charge on any atom is -0.495 e. The van der Waals surface area contributed by atoms with Crippen LogP contribution < -0.4 is 10.1 Å². The van der Waals surface area contributed by atoms with E-state index in [-0.39, 0.29) is 5.91 Å². The van der Waals surface area contributed by atoms with Crippen LogP contribution in [0.5, 0.6) is 5.75 Å². The van der Waals surface area contributed by atoms with E-state index < -0.39 is 0 Å². The van der Waals surface area contributed by atoms with Crippen LogP contribution in [0.3, 0.4) is 0 Å². The number of nitrogens with zero attached hydrogens (tertiary/aromatic N) is 1. The molecule has 0 radical (unpaired) electrons. The zero-order chi connectivity index (χ0) is 19.7. The van der Waals surface area contributed by atoms with E-state index in [0.29, 0.717) is 22.9 Å². The summed E-state index contributed by atoms with van der Waals surface area (Å²) < 4.78 is 12.2. The van der Waals surface area contributed by atoms with Gasteiger partial charge in [0.1, 0.15) is 11.3 Å². The summed E-state index contributed by atoms with van der Waals surface area (Å²) in [7, 11) is 1.56. The van der Waals surface area contributed by atoms with Gasteiger partial charge in [0, 0.05) is 15.6 Å². The van der Waals surface area contributed by atoms with Gasteiger partial charge in [-0.2, -0.15) is 0 Å². The molecule has 28 heavy (non-hydrogen) atoms. The SMILES string of the molecule is COc1ccc(-c2nc3cc(C)ccc3o2)cc1NC(=O)c1ccc(Br)cc1. The molecule has 0 spiro atoms. The van der Waals surface area contributed by atoms with Gasteiger partial charge in [-0.15, -0.1) is 0 Å². The van der Waals surface area contributed by atoms with Crippen molar-refractivity contribution in [2.75, 3.05) is 12.4 Å². The summed E-state index contributed by atoms with van der Waals surface area (Å²) in [5, 5.41) is 2.90. The number of carbonyl (C=O) groups is 1. The van der Waals surface area contributed by atoms with Crippen LogP contribution in [0.4, 0.5) is 5.69 Å². The summed E-state index contributed by atoms with van der Waals surface area (Å²) in [6.45, 7) is 2.01.